The van der Waals surface area contributed by atoms with Crippen molar-refractivity contribution in [2.75, 3.05) is 19.4 Å². The number of nitrogens with zero attached hydrogens (tertiary/aromatic N) is 1. The van der Waals surface area contributed by atoms with Crippen LogP contribution in [0.25, 0.3) is 0 Å². The van der Waals surface area contributed by atoms with Gasteiger partial charge in [-0.15, -0.1) is 0 Å². The van der Waals surface area contributed by atoms with Crippen LogP contribution in [-0.4, -0.2) is 41.7 Å². The molecule has 2 rings (SSSR count). The van der Waals surface area contributed by atoms with Crippen LogP contribution < -0.4 is 10.5 Å². The molecule has 0 heterocycles. The second-order valence-electron chi connectivity index (χ2n) is 5.49. The van der Waals surface area contributed by atoms with Gasteiger partial charge in [-0.25, -0.2) is 0 Å². The Morgan fingerprint density at radius 2 is 2.14 bits per heavy atom. The molecular formula is C16H24N2O3. The van der Waals surface area contributed by atoms with E-state index in [-0.39, 0.29) is 11.9 Å². The number of amides is 1. The van der Waals surface area contributed by atoms with E-state index in [2.05, 4.69) is 0 Å². The van der Waals surface area contributed by atoms with Crippen LogP contribution in [0.3, 0.4) is 0 Å². The quantitative estimate of drug-likeness (QED) is 0.833. The highest BCUT2D eigenvalue weighted by molar-refractivity contribution is 6.02. The van der Waals surface area contributed by atoms with E-state index in [0.29, 0.717) is 23.6 Å². The number of aliphatic hydroxyl groups is 1. The molecule has 116 valence electrons. The number of ether oxygens (including phenoxy) is 1. The summed E-state index contributed by atoms with van der Waals surface area (Å²) >= 11 is 0. The smallest absolute Gasteiger partial charge is 0.259 e. The Labute approximate surface area is 125 Å². The zero-order chi connectivity index (χ0) is 15.4. The van der Waals surface area contributed by atoms with Crippen molar-refractivity contribution in [3.05, 3.63) is 23.8 Å². The van der Waals surface area contributed by atoms with Gasteiger partial charge in [-0.1, -0.05) is 18.9 Å². The maximum atomic E-state index is 12.8. The van der Waals surface area contributed by atoms with Gasteiger partial charge in [0.15, 0.2) is 0 Å². The fourth-order valence-electron chi connectivity index (χ4n) is 2.92. The Bertz CT molecular complexity index is 504. The van der Waals surface area contributed by atoms with Crippen molar-refractivity contribution in [1.29, 1.82) is 0 Å². The standard InChI is InChI=1S/C16H24N2O3/c1-3-21-14-10-6-7-11(17)15(14)16(20)18(2)12-8-4-5-9-13(12)19/h6-7,10,12-13,19H,3-5,8-9,17H2,1-2H3. The lowest BCUT2D eigenvalue weighted by molar-refractivity contribution is 0.0266. The number of aliphatic hydroxyl groups excluding tert-OH is 1. The highest BCUT2D eigenvalue weighted by atomic mass is 16.5. The van der Waals surface area contributed by atoms with Crippen LogP contribution in [0.5, 0.6) is 5.75 Å². The van der Waals surface area contributed by atoms with Gasteiger partial charge in [0.1, 0.15) is 11.3 Å². The molecule has 1 aromatic rings. The highest BCUT2D eigenvalue weighted by Crippen LogP contribution is 2.29. The first-order valence-electron chi connectivity index (χ1n) is 7.52. The summed E-state index contributed by atoms with van der Waals surface area (Å²) in [6, 6.07) is 5.06. The fraction of sp³-hybridized carbons (Fsp3) is 0.562. The summed E-state index contributed by atoms with van der Waals surface area (Å²) in [6.07, 6.45) is 3.14. The van der Waals surface area contributed by atoms with Gasteiger partial charge >= 0.3 is 0 Å². The van der Waals surface area contributed by atoms with E-state index >= 15 is 0 Å². The van der Waals surface area contributed by atoms with E-state index in [1.54, 1.807) is 30.1 Å². The SMILES string of the molecule is CCOc1cccc(N)c1C(=O)N(C)C1CCCCC1O. The minimum atomic E-state index is -0.465. The topological polar surface area (TPSA) is 75.8 Å². The molecule has 5 nitrogen and oxygen atoms in total. The number of hydrogen-bond donors (Lipinski definition) is 2. The number of benzene rings is 1. The highest BCUT2D eigenvalue weighted by Gasteiger charge is 2.31. The molecule has 5 heteroatoms. The average molecular weight is 292 g/mol. The Balaban J connectivity index is 2.26. The van der Waals surface area contributed by atoms with E-state index in [1.165, 1.54) is 0 Å². The molecule has 3 N–H and O–H groups in total. The second kappa shape index (κ2) is 6.80. The number of hydrogen-bond acceptors (Lipinski definition) is 4. The van der Waals surface area contributed by atoms with Gasteiger partial charge in [0.25, 0.3) is 5.91 Å². The van der Waals surface area contributed by atoms with Gasteiger partial charge in [-0.05, 0) is 31.9 Å². The average Bonchev–Trinajstić information content (AvgIpc) is 2.47. The van der Waals surface area contributed by atoms with Crippen LogP contribution >= 0.6 is 0 Å². The number of anilines is 1. The van der Waals surface area contributed by atoms with Crippen molar-refractivity contribution < 1.29 is 14.6 Å². The van der Waals surface area contributed by atoms with Crippen molar-refractivity contribution in [2.24, 2.45) is 0 Å². The van der Waals surface area contributed by atoms with E-state index in [4.69, 9.17) is 10.5 Å². The minimum absolute atomic E-state index is 0.152. The predicted octanol–water partition coefficient (Wildman–Crippen LogP) is 2.04. The predicted molar refractivity (Wildman–Crippen MR) is 82.4 cm³/mol. The van der Waals surface area contributed by atoms with Crippen LogP contribution in [0, 0.1) is 0 Å². The zero-order valence-corrected chi connectivity index (χ0v) is 12.7. The van der Waals surface area contributed by atoms with Crippen molar-refractivity contribution in [3.63, 3.8) is 0 Å². The lowest BCUT2D eigenvalue weighted by Gasteiger charge is -2.35. The van der Waals surface area contributed by atoms with Gasteiger partial charge in [-0.2, -0.15) is 0 Å². The van der Waals surface area contributed by atoms with Crippen LogP contribution in [-0.2, 0) is 0 Å². The molecule has 0 aromatic heterocycles. The molecule has 0 spiro atoms. The molecule has 1 aromatic carbocycles. The molecular weight excluding hydrogens is 268 g/mol. The first-order valence-corrected chi connectivity index (χ1v) is 7.52. The maximum absolute atomic E-state index is 12.8. The molecule has 1 aliphatic carbocycles. The Kier molecular flexibility index (Phi) is 5.07. The monoisotopic (exact) mass is 292 g/mol. The van der Waals surface area contributed by atoms with Crippen LogP contribution in [0.1, 0.15) is 43.0 Å². The third kappa shape index (κ3) is 3.29. The van der Waals surface area contributed by atoms with Gasteiger partial charge in [0, 0.05) is 12.7 Å². The first-order chi connectivity index (χ1) is 10.1. The molecule has 1 amide bonds. The summed E-state index contributed by atoms with van der Waals surface area (Å²) < 4.78 is 5.51. The van der Waals surface area contributed by atoms with Crippen molar-refractivity contribution in [3.8, 4) is 5.75 Å². The maximum Gasteiger partial charge on any atom is 0.259 e. The summed E-state index contributed by atoms with van der Waals surface area (Å²) in [4.78, 5) is 14.4. The molecule has 2 atom stereocenters. The van der Waals surface area contributed by atoms with Gasteiger partial charge < -0.3 is 20.5 Å². The lowest BCUT2D eigenvalue weighted by Crippen LogP contribution is -2.46. The van der Waals surface area contributed by atoms with Gasteiger partial charge in [0.2, 0.25) is 0 Å². The van der Waals surface area contributed by atoms with Crippen LogP contribution in [0.2, 0.25) is 0 Å². The molecule has 0 aliphatic heterocycles. The van der Waals surface area contributed by atoms with E-state index < -0.39 is 6.10 Å². The number of rotatable bonds is 4. The minimum Gasteiger partial charge on any atom is -0.493 e. The Hall–Kier alpha value is -1.75. The van der Waals surface area contributed by atoms with Crippen molar-refractivity contribution in [1.82, 2.24) is 4.90 Å². The molecule has 1 saturated carbocycles. The normalized spacial score (nSPS) is 21.9. The molecule has 21 heavy (non-hydrogen) atoms. The second-order valence-corrected chi connectivity index (χ2v) is 5.49. The van der Waals surface area contributed by atoms with Crippen molar-refractivity contribution in [2.45, 2.75) is 44.8 Å². The van der Waals surface area contributed by atoms with Gasteiger partial charge in [-0.3, -0.25) is 4.79 Å². The first kappa shape index (κ1) is 15.6. The Morgan fingerprint density at radius 3 is 2.81 bits per heavy atom. The number of likely N-dealkylation sites (N-methyl/N-ethyl adjacent to an activating group) is 1. The number of nitrogens with two attached hydrogens (primary N) is 1. The van der Waals surface area contributed by atoms with Crippen LogP contribution in [0.15, 0.2) is 18.2 Å². The summed E-state index contributed by atoms with van der Waals surface area (Å²) in [5, 5.41) is 10.1. The molecule has 0 saturated heterocycles. The Morgan fingerprint density at radius 1 is 1.43 bits per heavy atom. The third-order valence-corrected chi connectivity index (χ3v) is 4.08. The molecule has 1 fully saturated rings. The molecule has 2 unspecified atom stereocenters. The number of carbonyl (C=O) groups is 1. The van der Waals surface area contributed by atoms with E-state index in [1.807, 2.05) is 6.92 Å². The van der Waals surface area contributed by atoms with Crippen molar-refractivity contribution >= 4 is 11.6 Å². The third-order valence-electron chi connectivity index (χ3n) is 4.08. The molecule has 1 aliphatic rings. The van der Waals surface area contributed by atoms with Gasteiger partial charge in [0.05, 0.1) is 18.8 Å². The van der Waals surface area contributed by atoms with E-state index in [9.17, 15) is 9.90 Å². The summed E-state index contributed by atoms with van der Waals surface area (Å²) in [5.41, 5.74) is 6.76. The van der Waals surface area contributed by atoms with E-state index in [0.717, 1.165) is 25.7 Å². The largest absolute Gasteiger partial charge is 0.493 e. The lowest BCUT2D eigenvalue weighted by atomic mass is 9.91. The molecule has 0 bridgehead atoms. The van der Waals surface area contributed by atoms with Crippen LogP contribution in [0.4, 0.5) is 5.69 Å². The fourth-order valence-corrected chi connectivity index (χ4v) is 2.92. The number of nitrogen functional groups attached to an aromatic ring is 1. The summed E-state index contributed by atoms with van der Waals surface area (Å²) in [5.74, 6) is 0.308. The number of carbonyl (C=O) groups excluding carboxylic acids is 1. The zero-order valence-electron chi connectivity index (χ0n) is 12.7. The summed E-state index contributed by atoms with van der Waals surface area (Å²) in [7, 11) is 1.73. The molecule has 0 radical (unpaired) electrons. The summed E-state index contributed by atoms with van der Waals surface area (Å²) in [6.45, 7) is 2.34.